The summed E-state index contributed by atoms with van der Waals surface area (Å²) < 4.78 is 8.16. The summed E-state index contributed by atoms with van der Waals surface area (Å²) in [6.45, 7) is 0. The Morgan fingerprint density at radius 1 is 0.708 bits per heavy atom. The minimum absolute atomic E-state index is 0.268. The SMILES string of the molecule is COc1ccc(-c2[se+]c(-c3ccccc3)cc3ccccc23)cc1. The van der Waals surface area contributed by atoms with Crippen LogP contribution in [0.2, 0.25) is 0 Å². The summed E-state index contributed by atoms with van der Waals surface area (Å²) in [5.74, 6) is 0.898. The zero-order valence-corrected chi connectivity index (χ0v) is 15.1. The molecule has 0 radical (unpaired) electrons. The summed E-state index contributed by atoms with van der Waals surface area (Å²) >= 11 is 0.268. The molecule has 1 nitrogen and oxygen atoms in total. The van der Waals surface area contributed by atoms with Gasteiger partial charge in [0.1, 0.15) is 0 Å². The van der Waals surface area contributed by atoms with Crippen LogP contribution in [0.15, 0.2) is 84.9 Å². The van der Waals surface area contributed by atoms with Gasteiger partial charge in [0.25, 0.3) is 0 Å². The first kappa shape index (κ1) is 15.1. The van der Waals surface area contributed by atoms with Gasteiger partial charge in [-0.1, -0.05) is 0 Å². The molecule has 1 heterocycles. The molecule has 4 rings (SSSR count). The second kappa shape index (κ2) is 6.60. The van der Waals surface area contributed by atoms with E-state index in [1.807, 2.05) is 12.1 Å². The van der Waals surface area contributed by atoms with Gasteiger partial charge >= 0.3 is 148 Å². The Morgan fingerprint density at radius 2 is 1.42 bits per heavy atom. The van der Waals surface area contributed by atoms with Gasteiger partial charge in [-0.05, 0) is 0 Å². The molecule has 2 heteroatoms. The molecular weight excluding hydrogens is 359 g/mol. The molecule has 0 saturated heterocycles. The first-order valence-corrected chi connectivity index (χ1v) is 9.62. The fourth-order valence-corrected chi connectivity index (χ4v) is 5.40. The van der Waals surface area contributed by atoms with Gasteiger partial charge in [-0.15, -0.1) is 0 Å². The van der Waals surface area contributed by atoms with Crippen molar-refractivity contribution in [1.29, 1.82) is 0 Å². The van der Waals surface area contributed by atoms with Crippen molar-refractivity contribution in [2.75, 3.05) is 7.11 Å². The number of ether oxygens (including phenoxy) is 1. The van der Waals surface area contributed by atoms with E-state index in [0.717, 1.165) is 5.75 Å². The first-order chi connectivity index (χ1) is 11.8. The van der Waals surface area contributed by atoms with Gasteiger partial charge in [-0.2, -0.15) is 0 Å². The number of hydrogen-bond acceptors (Lipinski definition) is 1. The van der Waals surface area contributed by atoms with Gasteiger partial charge < -0.3 is 0 Å². The summed E-state index contributed by atoms with van der Waals surface area (Å²) in [5, 5.41) is 2.65. The third kappa shape index (κ3) is 2.87. The summed E-state index contributed by atoms with van der Waals surface area (Å²) in [6.07, 6.45) is 0. The zero-order valence-electron chi connectivity index (χ0n) is 13.4. The van der Waals surface area contributed by atoms with Gasteiger partial charge in [0, 0.05) is 0 Å². The van der Waals surface area contributed by atoms with Crippen molar-refractivity contribution in [2.24, 2.45) is 0 Å². The van der Waals surface area contributed by atoms with Gasteiger partial charge in [0.05, 0.1) is 0 Å². The predicted octanol–water partition coefficient (Wildman–Crippen LogP) is 5.52. The van der Waals surface area contributed by atoms with E-state index in [-0.39, 0.29) is 14.5 Å². The van der Waals surface area contributed by atoms with Crippen molar-refractivity contribution in [3.05, 3.63) is 84.9 Å². The fourth-order valence-electron chi connectivity index (χ4n) is 2.87. The van der Waals surface area contributed by atoms with E-state index in [1.54, 1.807) is 7.11 Å². The summed E-state index contributed by atoms with van der Waals surface area (Å²) in [7, 11) is 1.71. The third-order valence-electron chi connectivity index (χ3n) is 4.11. The maximum absolute atomic E-state index is 5.30. The molecule has 4 aromatic rings. The summed E-state index contributed by atoms with van der Waals surface area (Å²) in [4.78, 5) is 0. The summed E-state index contributed by atoms with van der Waals surface area (Å²) in [6, 6.07) is 30.1. The molecule has 0 saturated carbocycles. The number of rotatable bonds is 3. The van der Waals surface area contributed by atoms with E-state index in [4.69, 9.17) is 4.74 Å². The fraction of sp³-hybridized carbons (Fsp3) is 0.0455. The molecule has 3 aromatic carbocycles. The van der Waals surface area contributed by atoms with Crippen molar-refractivity contribution in [2.45, 2.75) is 0 Å². The average molecular weight is 376 g/mol. The van der Waals surface area contributed by atoms with Gasteiger partial charge in [0.15, 0.2) is 0 Å². The predicted molar refractivity (Wildman–Crippen MR) is 103 cm³/mol. The van der Waals surface area contributed by atoms with E-state index in [9.17, 15) is 0 Å². The van der Waals surface area contributed by atoms with Crippen molar-refractivity contribution in [3.63, 3.8) is 0 Å². The van der Waals surface area contributed by atoms with Crippen LogP contribution in [0.1, 0.15) is 0 Å². The van der Waals surface area contributed by atoms with Gasteiger partial charge in [0.2, 0.25) is 0 Å². The molecule has 0 fully saturated rings. The minimum atomic E-state index is 0.268. The first-order valence-electron chi connectivity index (χ1n) is 7.91. The number of fused-ring (bicyclic) bond motifs is 1. The molecule has 1 aromatic heterocycles. The Labute approximate surface area is 147 Å². The molecule has 24 heavy (non-hydrogen) atoms. The van der Waals surface area contributed by atoms with E-state index in [1.165, 1.54) is 30.8 Å². The van der Waals surface area contributed by atoms with Crippen molar-refractivity contribution in [1.82, 2.24) is 0 Å². The van der Waals surface area contributed by atoms with Crippen LogP contribution < -0.4 is 4.74 Å². The van der Waals surface area contributed by atoms with E-state index >= 15 is 0 Å². The maximum atomic E-state index is 5.30. The molecule has 0 N–H and O–H groups in total. The summed E-state index contributed by atoms with van der Waals surface area (Å²) in [5.41, 5.74) is 2.60. The van der Waals surface area contributed by atoms with Crippen LogP contribution in [0.3, 0.4) is 0 Å². The topological polar surface area (TPSA) is 9.23 Å². The monoisotopic (exact) mass is 377 g/mol. The Hall–Kier alpha value is -2.41. The molecule has 0 aliphatic rings. The molecule has 0 aliphatic heterocycles. The van der Waals surface area contributed by atoms with Crippen LogP contribution >= 0.6 is 0 Å². The van der Waals surface area contributed by atoms with E-state index in [0.29, 0.717) is 0 Å². The molecule has 0 spiro atoms. The van der Waals surface area contributed by atoms with Crippen LogP contribution in [0, 0.1) is 0 Å². The second-order valence-electron chi connectivity index (χ2n) is 5.62. The van der Waals surface area contributed by atoms with Crippen LogP contribution in [0.5, 0.6) is 5.75 Å². The number of benzene rings is 3. The Balaban J connectivity index is 1.95. The standard InChI is InChI=1S/C22H17OSe/c1-23-19-13-11-17(12-14-19)22-20-10-6-5-9-18(20)15-21(24-22)16-7-3-2-4-8-16/h2-15H,1H3/q+1. The quantitative estimate of drug-likeness (QED) is 0.428. The van der Waals surface area contributed by atoms with E-state index in [2.05, 4.69) is 72.8 Å². The van der Waals surface area contributed by atoms with E-state index < -0.39 is 0 Å². The van der Waals surface area contributed by atoms with Crippen molar-refractivity contribution >= 4 is 25.3 Å². The normalized spacial score (nSPS) is 10.7. The van der Waals surface area contributed by atoms with Gasteiger partial charge in [-0.3, -0.25) is 0 Å². The number of hydrogen-bond donors (Lipinski definition) is 0. The second-order valence-corrected chi connectivity index (χ2v) is 7.83. The molecule has 116 valence electrons. The molecule has 0 aliphatic carbocycles. The molecule has 0 atom stereocenters. The van der Waals surface area contributed by atoms with Crippen LogP contribution in [-0.2, 0) is 0 Å². The van der Waals surface area contributed by atoms with Gasteiger partial charge in [-0.25, -0.2) is 0 Å². The van der Waals surface area contributed by atoms with Crippen molar-refractivity contribution < 1.29 is 4.74 Å². The van der Waals surface area contributed by atoms with Crippen LogP contribution in [-0.4, -0.2) is 21.6 Å². The van der Waals surface area contributed by atoms with Crippen molar-refractivity contribution in [3.8, 4) is 25.8 Å². The van der Waals surface area contributed by atoms with Crippen LogP contribution in [0.25, 0.3) is 30.8 Å². The zero-order chi connectivity index (χ0) is 16.4. The Bertz CT molecular complexity index is 976. The molecule has 0 unspecified atom stereocenters. The molecular formula is C22H17OSe+. The third-order valence-corrected chi connectivity index (χ3v) is 6.70. The Morgan fingerprint density at radius 3 is 2.17 bits per heavy atom. The average Bonchev–Trinajstić information content (AvgIpc) is 2.68. The van der Waals surface area contributed by atoms with Crippen LogP contribution in [0.4, 0.5) is 0 Å². The Kier molecular flexibility index (Phi) is 4.17. The molecule has 0 amide bonds. The molecule has 0 bridgehead atoms. The number of methoxy groups -OCH3 is 1.